The first kappa shape index (κ1) is 11.4. The van der Waals surface area contributed by atoms with Crippen molar-refractivity contribution in [1.29, 1.82) is 0 Å². The molecule has 1 atom stereocenters. The van der Waals surface area contributed by atoms with Crippen LogP contribution in [0.25, 0.3) is 0 Å². The van der Waals surface area contributed by atoms with Crippen molar-refractivity contribution in [2.75, 3.05) is 0 Å². The summed E-state index contributed by atoms with van der Waals surface area (Å²) in [5, 5.41) is 0. The predicted octanol–water partition coefficient (Wildman–Crippen LogP) is 2.95. The van der Waals surface area contributed by atoms with Gasteiger partial charge in [-0.05, 0) is 6.92 Å². The highest BCUT2D eigenvalue weighted by atomic mass is 19.2. The Labute approximate surface area is 88.4 Å². The van der Waals surface area contributed by atoms with Gasteiger partial charge >= 0.3 is 5.97 Å². The average Bonchev–Trinajstić information content (AvgIpc) is 2.18. The molecule has 0 radical (unpaired) electrons. The topological polar surface area (TPSA) is 26.3 Å². The molecule has 1 unspecified atom stereocenters. The maximum absolute atomic E-state index is 13.9. The summed E-state index contributed by atoms with van der Waals surface area (Å²) in [7, 11) is 0. The van der Waals surface area contributed by atoms with Gasteiger partial charge in [-0.3, -0.25) is 0 Å². The highest BCUT2D eigenvalue weighted by molar-refractivity contribution is 5.87. The predicted molar refractivity (Wildman–Crippen MR) is 55.8 cm³/mol. The number of ether oxygens (including phenoxy) is 1. The number of hydrogen-bond donors (Lipinski definition) is 0. The lowest BCUT2D eigenvalue weighted by atomic mass is 10.1. The fraction of sp³-hybridized carbons (Fsp3) is 0.250. The van der Waals surface area contributed by atoms with Crippen molar-refractivity contribution < 1.29 is 13.9 Å². The summed E-state index contributed by atoms with van der Waals surface area (Å²) in [6.45, 7) is 6.06. The van der Waals surface area contributed by atoms with Gasteiger partial charge in [0.15, 0.2) is 0 Å². The normalized spacial score (nSPS) is 14.1. The minimum atomic E-state index is -2.11. The van der Waals surface area contributed by atoms with E-state index in [-0.39, 0.29) is 5.57 Å². The van der Waals surface area contributed by atoms with Gasteiger partial charge in [0.25, 0.3) is 5.85 Å². The molecule has 15 heavy (non-hydrogen) atoms. The fourth-order valence-corrected chi connectivity index (χ4v) is 1.06. The zero-order chi connectivity index (χ0) is 11.5. The molecule has 2 nitrogen and oxygen atoms in total. The van der Waals surface area contributed by atoms with Crippen LogP contribution in [0.15, 0.2) is 42.5 Å². The number of carbonyl (C=O) groups is 1. The Morgan fingerprint density at radius 2 is 1.93 bits per heavy atom. The molecule has 0 aliphatic rings. The molecule has 0 aliphatic carbocycles. The largest absolute Gasteiger partial charge is 0.421 e. The maximum atomic E-state index is 13.9. The third-order valence-corrected chi connectivity index (χ3v) is 1.92. The highest BCUT2D eigenvalue weighted by Gasteiger charge is 2.30. The number of benzene rings is 1. The van der Waals surface area contributed by atoms with Crippen molar-refractivity contribution in [1.82, 2.24) is 0 Å². The Morgan fingerprint density at radius 1 is 1.40 bits per heavy atom. The molecule has 0 fully saturated rings. The van der Waals surface area contributed by atoms with Gasteiger partial charge in [-0.25, -0.2) is 4.79 Å². The number of esters is 1. The molecule has 0 spiro atoms. The van der Waals surface area contributed by atoms with Crippen LogP contribution < -0.4 is 0 Å². The lowest BCUT2D eigenvalue weighted by molar-refractivity contribution is -0.175. The summed E-state index contributed by atoms with van der Waals surface area (Å²) >= 11 is 0. The summed E-state index contributed by atoms with van der Waals surface area (Å²) in [6.07, 6.45) is 0. The zero-order valence-corrected chi connectivity index (χ0v) is 8.79. The van der Waals surface area contributed by atoms with Gasteiger partial charge in [-0.15, -0.1) is 0 Å². The van der Waals surface area contributed by atoms with E-state index >= 15 is 0 Å². The van der Waals surface area contributed by atoms with Crippen LogP contribution in [0.1, 0.15) is 19.4 Å². The lowest BCUT2D eigenvalue weighted by Gasteiger charge is -2.21. The van der Waals surface area contributed by atoms with Crippen LogP contribution in [0.2, 0.25) is 0 Å². The van der Waals surface area contributed by atoms with Crippen LogP contribution in [0.4, 0.5) is 4.39 Å². The standard InChI is InChI=1S/C12H13FO2/c1-9(2)11(14)15-12(3,13)10-7-5-4-6-8-10/h4-8H,1H2,2-3H3. The highest BCUT2D eigenvalue weighted by Crippen LogP contribution is 2.27. The first-order chi connectivity index (χ1) is 6.93. The van der Waals surface area contributed by atoms with Gasteiger partial charge in [0.1, 0.15) is 0 Å². The van der Waals surface area contributed by atoms with Gasteiger partial charge in [-0.1, -0.05) is 36.9 Å². The summed E-state index contributed by atoms with van der Waals surface area (Å²) in [5.74, 6) is -2.85. The minimum Gasteiger partial charge on any atom is -0.421 e. The van der Waals surface area contributed by atoms with E-state index in [1.165, 1.54) is 13.8 Å². The van der Waals surface area contributed by atoms with Crippen molar-refractivity contribution >= 4 is 5.97 Å². The SMILES string of the molecule is C=C(C)C(=O)OC(C)(F)c1ccccc1. The number of carbonyl (C=O) groups excluding carboxylic acids is 1. The molecule has 0 amide bonds. The molecular formula is C12H13FO2. The second-order valence-electron chi connectivity index (χ2n) is 3.45. The van der Waals surface area contributed by atoms with E-state index in [1.54, 1.807) is 30.3 Å². The lowest BCUT2D eigenvalue weighted by Crippen LogP contribution is -2.24. The fourth-order valence-electron chi connectivity index (χ4n) is 1.06. The Kier molecular flexibility index (Phi) is 3.24. The smallest absolute Gasteiger partial charge is 0.336 e. The first-order valence-electron chi connectivity index (χ1n) is 4.57. The summed E-state index contributed by atoms with van der Waals surface area (Å²) in [6, 6.07) is 8.25. The van der Waals surface area contributed by atoms with E-state index < -0.39 is 11.8 Å². The molecule has 0 heterocycles. The molecule has 1 rings (SSSR count). The average molecular weight is 208 g/mol. The van der Waals surface area contributed by atoms with Crippen LogP contribution in [-0.4, -0.2) is 5.97 Å². The zero-order valence-electron chi connectivity index (χ0n) is 8.79. The third-order valence-electron chi connectivity index (χ3n) is 1.92. The van der Waals surface area contributed by atoms with E-state index in [1.807, 2.05) is 0 Å². The van der Waals surface area contributed by atoms with Crippen molar-refractivity contribution in [3.8, 4) is 0 Å². The molecule has 0 saturated heterocycles. The molecule has 0 aliphatic heterocycles. The molecule has 0 aromatic heterocycles. The van der Waals surface area contributed by atoms with Gasteiger partial charge in [0, 0.05) is 18.1 Å². The molecule has 3 heteroatoms. The van der Waals surface area contributed by atoms with Crippen LogP contribution in [0.5, 0.6) is 0 Å². The van der Waals surface area contributed by atoms with Crippen LogP contribution in [-0.2, 0) is 15.4 Å². The first-order valence-corrected chi connectivity index (χ1v) is 4.57. The van der Waals surface area contributed by atoms with Gasteiger partial charge in [-0.2, -0.15) is 4.39 Å². The minimum absolute atomic E-state index is 0.176. The van der Waals surface area contributed by atoms with Gasteiger partial charge < -0.3 is 4.74 Å². The maximum Gasteiger partial charge on any atom is 0.336 e. The van der Waals surface area contributed by atoms with Gasteiger partial charge in [0.05, 0.1) is 0 Å². The number of halogens is 1. The summed E-state index contributed by atoms with van der Waals surface area (Å²) < 4.78 is 18.6. The summed E-state index contributed by atoms with van der Waals surface area (Å²) in [4.78, 5) is 11.2. The van der Waals surface area contributed by atoms with E-state index in [0.717, 1.165) is 0 Å². The Morgan fingerprint density at radius 3 is 2.40 bits per heavy atom. The second kappa shape index (κ2) is 4.26. The van der Waals surface area contributed by atoms with E-state index in [0.29, 0.717) is 5.56 Å². The molecular weight excluding hydrogens is 195 g/mol. The Bertz CT molecular complexity index is 368. The van der Waals surface area contributed by atoms with Crippen molar-refractivity contribution in [2.45, 2.75) is 19.7 Å². The number of alkyl halides is 1. The Hall–Kier alpha value is -1.64. The quantitative estimate of drug-likeness (QED) is 0.564. The molecule has 0 bridgehead atoms. The Balaban J connectivity index is 2.85. The molecule has 0 N–H and O–H groups in total. The molecule has 0 saturated carbocycles. The van der Waals surface area contributed by atoms with Crippen LogP contribution >= 0.6 is 0 Å². The molecule has 1 aromatic carbocycles. The molecule has 1 aromatic rings. The van der Waals surface area contributed by atoms with E-state index in [2.05, 4.69) is 11.3 Å². The van der Waals surface area contributed by atoms with E-state index in [4.69, 9.17) is 0 Å². The van der Waals surface area contributed by atoms with Crippen molar-refractivity contribution in [2.24, 2.45) is 0 Å². The van der Waals surface area contributed by atoms with Crippen molar-refractivity contribution in [3.63, 3.8) is 0 Å². The van der Waals surface area contributed by atoms with E-state index in [9.17, 15) is 9.18 Å². The molecule has 80 valence electrons. The number of rotatable bonds is 3. The second-order valence-corrected chi connectivity index (χ2v) is 3.45. The monoisotopic (exact) mass is 208 g/mol. The summed E-state index contributed by atoms with van der Waals surface area (Å²) in [5.41, 5.74) is 0.481. The van der Waals surface area contributed by atoms with Gasteiger partial charge in [0.2, 0.25) is 0 Å². The van der Waals surface area contributed by atoms with Crippen LogP contribution in [0.3, 0.4) is 0 Å². The third kappa shape index (κ3) is 2.91. The van der Waals surface area contributed by atoms with Crippen LogP contribution in [0, 0.1) is 0 Å². The number of hydrogen-bond acceptors (Lipinski definition) is 2. The van der Waals surface area contributed by atoms with Crippen molar-refractivity contribution in [3.05, 3.63) is 48.0 Å².